The fourth-order valence-corrected chi connectivity index (χ4v) is 4.24. The van der Waals surface area contributed by atoms with E-state index in [0.717, 1.165) is 15.8 Å². The van der Waals surface area contributed by atoms with E-state index in [4.69, 9.17) is 15.6 Å². The van der Waals surface area contributed by atoms with E-state index in [1.807, 2.05) is 4.52 Å². The van der Waals surface area contributed by atoms with Gasteiger partial charge in [-0.1, -0.05) is 30.6 Å². The maximum absolute atomic E-state index is 6.08. The van der Waals surface area contributed by atoms with E-state index in [1.54, 1.807) is 11.3 Å². The molecule has 2 unspecified atom stereocenters. The van der Waals surface area contributed by atoms with Gasteiger partial charge in [0.2, 0.25) is 4.96 Å². The first-order chi connectivity index (χ1) is 9.83. The van der Waals surface area contributed by atoms with E-state index in [9.17, 15) is 0 Å². The van der Waals surface area contributed by atoms with Gasteiger partial charge < -0.3 is 10.5 Å². The summed E-state index contributed by atoms with van der Waals surface area (Å²) in [5.41, 5.74) is 6.08. The second kappa shape index (κ2) is 5.05. The Morgan fingerprint density at radius 3 is 2.75 bits per heavy atom. The molecule has 20 heavy (non-hydrogen) atoms. The van der Waals surface area contributed by atoms with Gasteiger partial charge in [0.05, 0.1) is 19.1 Å². The van der Waals surface area contributed by atoms with Crippen molar-refractivity contribution in [1.82, 2.24) is 19.8 Å². The molecule has 2 aliphatic rings. The van der Waals surface area contributed by atoms with Gasteiger partial charge in [-0.15, -0.1) is 10.2 Å². The predicted octanol–water partition coefficient (Wildman–Crippen LogP) is 1.67. The Morgan fingerprint density at radius 2 is 2.00 bits per heavy atom. The standard InChI is InChI=1S/C13H19N5OS/c14-10-7-19-6-9(10)12-17-18-11(15-16-13(18)20-12)8-4-2-1-3-5-8/h8-10H,1-7,14H2. The number of nitrogens with two attached hydrogens (primary N) is 1. The molecule has 0 radical (unpaired) electrons. The Balaban J connectivity index is 1.67. The Bertz CT molecular complexity index is 603. The molecule has 1 aliphatic carbocycles. The van der Waals surface area contributed by atoms with Crippen LogP contribution >= 0.6 is 11.3 Å². The predicted molar refractivity (Wildman–Crippen MR) is 76.0 cm³/mol. The Morgan fingerprint density at radius 1 is 1.15 bits per heavy atom. The van der Waals surface area contributed by atoms with Crippen LogP contribution in [0.1, 0.15) is 54.8 Å². The lowest BCUT2D eigenvalue weighted by atomic mass is 9.89. The van der Waals surface area contributed by atoms with Gasteiger partial charge in [0.1, 0.15) is 5.01 Å². The molecule has 2 N–H and O–H groups in total. The van der Waals surface area contributed by atoms with E-state index in [0.29, 0.717) is 19.1 Å². The third kappa shape index (κ3) is 2.04. The van der Waals surface area contributed by atoms with E-state index < -0.39 is 0 Å². The minimum atomic E-state index is 0.0527. The zero-order chi connectivity index (χ0) is 13.5. The molecule has 2 aromatic heterocycles. The van der Waals surface area contributed by atoms with Crippen LogP contribution in [0.15, 0.2) is 0 Å². The fourth-order valence-electron chi connectivity index (χ4n) is 3.24. The zero-order valence-corrected chi connectivity index (χ0v) is 12.2. The minimum absolute atomic E-state index is 0.0527. The van der Waals surface area contributed by atoms with E-state index in [-0.39, 0.29) is 12.0 Å². The highest BCUT2D eigenvalue weighted by atomic mass is 32.1. The number of ether oxygens (including phenoxy) is 1. The lowest BCUT2D eigenvalue weighted by Crippen LogP contribution is -2.26. The van der Waals surface area contributed by atoms with Gasteiger partial charge in [-0.25, -0.2) is 0 Å². The summed E-state index contributed by atoms with van der Waals surface area (Å²) in [5, 5.41) is 14.4. The lowest BCUT2D eigenvalue weighted by Gasteiger charge is -2.18. The first-order valence-corrected chi connectivity index (χ1v) is 8.20. The summed E-state index contributed by atoms with van der Waals surface area (Å²) in [6.45, 7) is 1.30. The van der Waals surface area contributed by atoms with Gasteiger partial charge in [-0.2, -0.15) is 9.61 Å². The highest BCUT2D eigenvalue weighted by Crippen LogP contribution is 2.34. The topological polar surface area (TPSA) is 78.3 Å². The van der Waals surface area contributed by atoms with Crippen LogP contribution in [0.4, 0.5) is 0 Å². The molecular formula is C13H19N5OS. The molecule has 1 saturated carbocycles. The number of hydrogen-bond acceptors (Lipinski definition) is 6. The molecule has 108 valence electrons. The first-order valence-electron chi connectivity index (χ1n) is 7.38. The molecule has 1 aliphatic heterocycles. The van der Waals surface area contributed by atoms with Crippen LogP contribution in [0, 0.1) is 0 Å². The normalized spacial score (nSPS) is 28.4. The van der Waals surface area contributed by atoms with Gasteiger partial charge in [-0.05, 0) is 12.8 Å². The summed E-state index contributed by atoms with van der Waals surface area (Å²) in [7, 11) is 0. The number of nitrogens with zero attached hydrogens (tertiary/aromatic N) is 4. The molecular weight excluding hydrogens is 274 g/mol. The third-order valence-electron chi connectivity index (χ3n) is 4.44. The number of hydrogen-bond donors (Lipinski definition) is 1. The van der Waals surface area contributed by atoms with Crippen LogP contribution in [0.3, 0.4) is 0 Å². The molecule has 0 bridgehead atoms. The average Bonchev–Trinajstić information content (AvgIpc) is 3.13. The van der Waals surface area contributed by atoms with Gasteiger partial charge >= 0.3 is 0 Å². The quantitative estimate of drug-likeness (QED) is 0.911. The lowest BCUT2D eigenvalue weighted by molar-refractivity contribution is 0.191. The molecule has 0 spiro atoms. The van der Waals surface area contributed by atoms with Crippen LogP contribution in [-0.2, 0) is 4.74 Å². The first kappa shape index (κ1) is 12.7. The van der Waals surface area contributed by atoms with Gasteiger partial charge in [-0.3, -0.25) is 0 Å². The molecule has 0 amide bonds. The van der Waals surface area contributed by atoms with Crippen molar-refractivity contribution in [1.29, 1.82) is 0 Å². The third-order valence-corrected chi connectivity index (χ3v) is 5.47. The fraction of sp³-hybridized carbons (Fsp3) is 0.769. The summed E-state index contributed by atoms with van der Waals surface area (Å²) in [5.74, 6) is 1.76. The van der Waals surface area contributed by atoms with E-state index in [1.165, 1.54) is 32.1 Å². The maximum Gasteiger partial charge on any atom is 0.234 e. The van der Waals surface area contributed by atoms with Crippen LogP contribution in [0.5, 0.6) is 0 Å². The second-order valence-electron chi connectivity index (χ2n) is 5.84. The Labute approximate surface area is 121 Å². The summed E-state index contributed by atoms with van der Waals surface area (Å²) >= 11 is 1.60. The summed E-state index contributed by atoms with van der Waals surface area (Å²) in [6.07, 6.45) is 6.34. The summed E-state index contributed by atoms with van der Waals surface area (Å²) < 4.78 is 7.38. The summed E-state index contributed by atoms with van der Waals surface area (Å²) in [6, 6.07) is 0.0527. The highest BCUT2D eigenvalue weighted by molar-refractivity contribution is 7.16. The Kier molecular flexibility index (Phi) is 3.20. The second-order valence-corrected chi connectivity index (χ2v) is 6.82. The monoisotopic (exact) mass is 293 g/mol. The smallest absolute Gasteiger partial charge is 0.234 e. The van der Waals surface area contributed by atoms with Crippen molar-refractivity contribution in [2.45, 2.75) is 50.0 Å². The molecule has 2 fully saturated rings. The molecule has 0 aromatic carbocycles. The van der Waals surface area contributed by atoms with Crippen LogP contribution in [-0.4, -0.2) is 39.1 Å². The van der Waals surface area contributed by atoms with Crippen molar-refractivity contribution in [3.8, 4) is 0 Å². The number of fused-ring (bicyclic) bond motifs is 1. The van der Waals surface area contributed by atoms with Crippen molar-refractivity contribution < 1.29 is 4.74 Å². The minimum Gasteiger partial charge on any atom is -0.379 e. The van der Waals surface area contributed by atoms with Gasteiger partial charge in [0, 0.05) is 12.0 Å². The van der Waals surface area contributed by atoms with Crippen molar-refractivity contribution in [3.05, 3.63) is 10.8 Å². The van der Waals surface area contributed by atoms with Gasteiger partial charge in [0.15, 0.2) is 5.82 Å². The van der Waals surface area contributed by atoms with E-state index in [2.05, 4.69) is 10.2 Å². The highest BCUT2D eigenvalue weighted by Gasteiger charge is 2.31. The van der Waals surface area contributed by atoms with Crippen molar-refractivity contribution in [2.75, 3.05) is 13.2 Å². The van der Waals surface area contributed by atoms with Crippen molar-refractivity contribution in [3.63, 3.8) is 0 Å². The largest absolute Gasteiger partial charge is 0.379 e. The molecule has 7 heteroatoms. The molecule has 2 atom stereocenters. The molecule has 3 heterocycles. The molecule has 1 saturated heterocycles. The average molecular weight is 293 g/mol. The van der Waals surface area contributed by atoms with Crippen molar-refractivity contribution >= 4 is 16.3 Å². The Hall–Kier alpha value is -1.05. The van der Waals surface area contributed by atoms with Crippen LogP contribution in [0.25, 0.3) is 4.96 Å². The van der Waals surface area contributed by atoms with Crippen LogP contribution < -0.4 is 5.73 Å². The van der Waals surface area contributed by atoms with Crippen molar-refractivity contribution in [2.24, 2.45) is 5.73 Å². The number of rotatable bonds is 2. The molecule has 4 rings (SSSR count). The zero-order valence-electron chi connectivity index (χ0n) is 11.4. The SMILES string of the molecule is NC1COCC1c1nn2c(C3CCCCC3)nnc2s1. The molecule has 2 aromatic rings. The molecule has 6 nitrogen and oxygen atoms in total. The van der Waals surface area contributed by atoms with Crippen LogP contribution in [0.2, 0.25) is 0 Å². The maximum atomic E-state index is 6.08. The van der Waals surface area contributed by atoms with E-state index >= 15 is 0 Å². The summed E-state index contributed by atoms with van der Waals surface area (Å²) in [4.78, 5) is 0.889. The van der Waals surface area contributed by atoms with Gasteiger partial charge in [0.25, 0.3) is 0 Å². The number of aromatic nitrogens is 4.